The first-order valence-corrected chi connectivity index (χ1v) is 10.2. The number of imidazole rings is 1. The number of aryl methyl sites for hydroxylation is 1. The highest BCUT2D eigenvalue weighted by Crippen LogP contribution is 2.34. The minimum Gasteiger partial charge on any atom is -0.454 e. The van der Waals surface area contributed by atoms with E-state index >= 15 is 0 Å². The van der Waals surface area contributed by atoms with E-state index in [-0.39, 0.29) is 12.7 Å². The summed E-state index contributed by atoms with van der Waals surface area (Å²) in [7, 11) is 0. The number of nitrogens with one attached hydrogen (secondary N) is 1. The van der Waals surface area contributed by atoms with Gasteiger partial charge in [-0.2, -0.15) is 0 Å². The van der Waals surface area contributed by atoms with Crippen molar-refractivity contribution < 1.29 is 14.3 Å². The summed E-state index contributed by atoms with van der Waals surface area (Å²) in [6.07, 6.45) is 2.62. The van der Waals surface area contributed by atoms with Gasteiger partial charge in [0, 0.05) is 35.7 Å². The van der Waals surface area contributed by atoms with E-state index in [1.165, 1.54) is 4.88 Å². The molecular formula is C21H18N4O3S. The first-order chi connectivity index (χ1) is 14.3. The minimum atomic E-state index is -0.0773. The van der Waals surface area contributed by atoms with Crippen LogP contribution in [0.25, 0.3) is 11.2 Å². The molecule has 3 aromatic heterocycles. The van der Waals surface area contributed by atoms with Crippen molar-refractivity contribution >= 4 is 34.1 Å². The highest BCUT2D eigenvalue weighted by molar-refractivity contribution is 7.09. The van der Waals surface area contributed by atoms with Gasteiger partial charge in [-0.25, -0.2) is 9.97 Å². The van der Waals surface area contributed by atoms with Crippen molar-refractivity contribution in [1.82, 2.24) is 14.5 Å². The molecule has 0 fully saturated rings. The predicted molar refractivity (Wildman–Crippen MR) is 110 cm³/mol. The molecule has 0 saturated heterocycles. The molecule has 0 unspecified atom stereocenters. The molecule has 1 N–H and O–H groups in total. The number of hydrogen-bond acceptors (Lipinski definition) is 6. The van der Waals surface area contributed by atoms with Crippen LogP contribution in [0.2, 0.25) is 0 Å². The van der Waals surface area contributed by atoms with Gasteiger partial charge in [0.2, 0.25) is 12.7 Å². The number of aromatic nitrogens is 3. The number of carbonyl (C=O) groups excluding carboxylic acids is 1. The van der Waals surface area contributed by atoms with Gasteiger partial charge in [0.15, 0.2) is 17.1 Å². The highest BCUT2D eigenvalue weighted by atomic mass is 32.1. The maximum Gasteiger partial charge on any atom is 0.231 e. The average Bonchev–Trinajstić information content (AvgIpc) is 3.47. The van der Waals surface area contributed by atoms with Crippen molar-refractivity contribution in [2.75, 3.05) is 12.1 Å². The van der Waals surface area contributed by atoms with Crippen molar-refractivity contribution in [3.05, 3.63) is 64.7 Å². The Morgan fingerprint density at radius 1 is 1.17 bits per heavy atom. The molecule has 5 rings (SSSR count). The van der Waals surface area contributed by atoms with E-state index in [1.807, 2.05) is 18.2 Å². The lowest BCUT2D eigenvalue weighted by atomic mass is 10.2. The van der Waals surface area contributed by atoms with Crippen LogP contribution in [-0.2, 0) is 17.8 Å². The first kappa shape index (κ1) is 17.7. The van der Waals surface area contributed by atoms with Crippen LogP contribution in [-0.4, -0.2) is 27.2 Å². The fourth-order valence-electron chi connectivity index (χ4n) is 3.34. The highest BCUT2D eigenvalue weighted by Gasteiger charge is 2.16. The molecule has 8 heteroatoms. The van der Waals surface area contributed by atoms with Crippen LogP contribution in [0.1, 0.15) is 17.1 Å². The van der Waals surface area contributed by atoms with Gasteiger partial charge < -0.3 is 19.4 Å². The smallest absolute Gasteiger partial charge is 0.231 e. The Kier molecular flexibility index (Phi) is 4.61. The first-order valence-electron chi connectivity index (χ1n) is 9.28. The lowest BCUT2D eigenvalue weighted by Gasteiger charge is -2.08. The Balaban J connectivity index is 1.31. The third-order valence-corrected chi connectivity index (χ3v) is 5.57. The number of carbonyl (C=O) groups is 1. The molecule has 1 amide bonds. The van der Waals surface area contributed by atoms with Crippen LogP contribution in [0, 0.1) is 0 Å². The monoisotopic (exact) mass is 406 g/mol. The van der Waals surface area contributed by atoms with E-state index < -0.39 is 0 Å². The molecule has 146 valence electrons. The Morgan fingerprint density at radius 3 is 3.00 bits per heavy atom. The summed E-state index contributed by atoms with van der Waals surface area (Å²) in [5.74, 6) is 2.11. The molecule has 0 atom stereocenters. The standard InChI is InChI=1S/C21H18N4O3S/c26-20(23-14-5-6-17-18(11-14)28-13-27-17)8-7-19-24-16-4-1-9-22-21(16)25(19)12-15-3-2-10-29-15/h1-6,9-11H,7-8,12-13H2,(H,23,26). The average molecular weight is 406 g/mol. The van der Waals surface area contributed by atoms with E-state index in [0.717, 1.165) is 17.0 Å². The lowest BCUT2D eigenvalue weighted by molar-refractivity contribution is -0.116. The van der Waals surface area contributed by atoms with Gasteiger partial charge >= 0.3 is 0 Å². The Bertz CT molecular complexity index is 1170. The predicted octanol–water partition coefficient (Wildman–Crippen LogP) is 3.84. The molecule has 1 aliphatic rings. The van der Waals surface area contributed by atoms with E-state index in [1.54, 1.807) is 35.7 Å². The zero-order chi connectivity index (χ0) is 19.6. The van der Waals surface area contributed by atoms with Crippen LogP contribution in [0.4, 0.5) is 5.69 Å². The summed E-state index contributed by atoms with van der Waals surface area (Å²) < 4.78 is 12.7. The molecule has 1 aliphatic heterocycles. The van der Waals surface area contributed by atoms with Gasteiger partial charge in [-0.15, -0.1) is 11.3 Å². The van der Waals surface area contributed by atoms with Gasteiger partial charge in [0.05, 0.1) is 6.54 Å². The van der Waals surface area contributed by atoms with Crippen molar-refractivity contribution in [3.63, 3.8) is 0 Å². The second kappa shape index (κ2) is 7.56. The van der Waals surface area contributed by atoms with Crippen LogP contribution < -0.4 is 14.8 Å². The van der Waals surface area contributed by atoms with E-state index in [2.05, 4.69) is 26.3 Å². The quantitative estimate of drug-likeness (QED) is 0.526. The van der Waals surface area contributed by atoms with Crippen molar-refractivity contribution in [1.29, 1.82) is 0 Å². The number of amides is 1. The van der Waals surface area contributed by atoms with Gasteiger partial charge in [-0.3, -0.25) is 4.79 Å². The van der Waals surface area contributed by atoms with Gasteiger partial charge in [0.25, 0.3) is 0 Å². The van der Waals surface area contributed by atoms with E-state index in [0.29, 0.717) is 36.6 Å². The summed E-state index contributed by atoms with van der Waals surface area (Å²) in [5, 5.41) is 4.97. The summed E-state index contributed by atoms with van der Waals surface area (Å²) in [6, 6.07) is 13.3. The molecule has 0 spiro atoms. The Morgan fingerprint density at radius 2 is 2.10 bits per heavy atom. The number of benzene rings is 1. The molecule has 29 heavy (non-hydrogen) atoms. The Labute approximate surface area is 170 Å². The summed E-state index contributed by atoms with van der Waals surface area (Å²) >= 11 is 1.70. The van der Waals surface area contributed by atoms with E-state index in [4.69, 9.17) is 14.5 Å². The zero-order valence-electron chi connectivity index (χ0n) is 15.5. The second-order valence-electron chi connectivity index (χ2n) is 6.66. The molecule has 0 bridgehead atoms. The molecule has 4 heterocycles. The number of pyridine rings is 1. The number of hydrogen-bond donors (Lipinski definition) is 1. The SMILES string of the molecule is O=C(CCc1nc2cccnc2n1Cc1cccs1)Nc1ccc2c(c1)OCO2. The largest absolute Gasteiger partial charge is 0.454 e. The van der Waals surface area contributed by atoms with Crippen molar-refractivity contribution in [2.24, 2.45) is 0 Å². The molecule has 1 aromatic carbocycles. The van der Waals surface area contributed by atoms with Crippen molar-refractivity contribution in [3.8, 4) is 11.5 Å². The third-order valence-electron chi connectivity index (χ3n) is 4.71. The maximum atomic E-state index is 12.5. The van der Waals surface area contributed by atoms with Gasteiger partial charge in [0.1, 0.15) is 11.3 Å². The number of thiophene rings is 1. The Hall–Kier alpha value is -3.39. The van der Waals surface area contributed by atoms with Gasteiger partial charge in [-0.05, 0) is 35.7 Å². The molecule has 0 aliphatic carbocycles. The molecular weight excluding hydrogens is 388 g/mol. The summed E-state index contributed by atoms with van der Waals surface area (Å²) in [5.41, 5.74) is 2.37. The zero-order valence-corrected chi connectivity index (χ0v) is 16.3. The fourth-order valence-corrected chi connectivity index (χ4v) is 4.04. The van der Waals surface area contributed by atoms with Crippen molar-refractivity contribution in [2.45, 2.75) is 19.4 Å². The minimum absolute atomic E-state index is 0.0773. The molecule has 0 radical (unpaired) electrons. The third kappa shape index (κ3) is 3.66. The fraction of sp³-hybridized carbons (Fsp3) is 0.190. The number of fused-ring (bicyclic) bond motifs is 2. The number of anilines is 1. The topological polar surface area (TPSA) is 78.3 Å². The molecule has 7 nitrogen and oxygen atoms in total. The van der Waals surface area contributed by atoms with Gasteiger partial charge in [-0.1, -0.05) is 6.07 Å². The molecule has 0 saturated carbocycles. The second-order valence-corrected chi connectivity index (χ2v) is 7.69. The number of ether oxygens (including phenoxy) is 2. The normalized spacial score (nSPS) is 12.4. The maximum absolute atomic E-state index is 12.5. The number of nitrogens with zero attached hydrogens (tertiary/aromatic N) is 3. The van der Waals surface area contributed by atoms with Crippen LogP contribution in [0.3, 0.4) is 0 Å². The van der Waals surface area contributed by atoms with Crippen LogP contribution in [0.15, 0.2) is 54.0 Å². The van der Waals surface area contributed by atoms with Crippen LogP contribution in [0.5, 0.6) is 11.5 Å². The number of rotatable bonds is 6. The summed E-state index contributed by atoms with van der Waals surface area (Å²) in [4.78, 5) is 22.9. The lowest BCUT2D eigenvalue weighted by Crippen LogP contribution is -2.14. The summed E-state index contributed by atoms with van der Waals surface area (Å²) in [6.45, 7) is 0.908. The van der Waals surface area contributed by atoms with E-state index in [9.17, 15) is 4.79 Å². The van der Waals surface area contributed by atoms with Crippen LogP contribution >= 0.6 is 11.3 Å². The molecule has 4 aromatic rings.